The Bertz CT molecular complexity index is 532. The molecule has 1 aliphatic rings. The average molecular weight is 307 g/mol. The van der Waals surface area contributed by atoms with E-state index < -0.39 is 0 Å². The van der Waals surface area contributed by atoms with Crippen molar-refractivity contribution in [3.8, 4) is 0 Å². The molecule has 4 heteroatoms. The lowest BCUT2D eigenvalue weighted by molar-refractivity contribution is -0.00414. The molecule has 2 atom stereocenters. The third kappa shape index (κ3) is 4.35. The van der Waals surface area contributed by atoms with Crippen LogP contribution in [0.4, 0.5) is 0 Å². The number of pyridine rings is 1. The second-order valence-electron chi connectivity index (χ2n) is 6.62. The Kier molecular flexibility index (Phi) is 6.07. The van der Waals surface area contributed by atoms with Crippen LogP contribution in [-0.4, -0.2) is 24.0 Å². The quantitative estimate of drug-likeness (QED) is 0.808. The largest absolute Gasteiger partial charge is 0.407 e. The van der Waals surface area contributed by atoms with Crippen molar-refractivity contribution in [3.63, 3.8) is 0 Å². The minimum absolute atomic E-state index is 0.0577. The van der Waals surface area contributed by atoms with E-state index in [0.29, 0.717) is 5.92 Å². The fourth-order valence-corrected chi connectivity index (χ4v) is 3.30. The average Bonchev–Trinajstić information content (AvgIpc) is 2.50. The molecule has 22 heavy (non-hydrogen) atoms. The molecule has 1 fully saturated rings. The summed E-state index contributed by atoms with van der Waals surface area (Å²) in [7, 11) is 1.70. The highest BCUT2D eigenvalue weighted by Crippen LogP contribution is 2.32. The number of aryl methyl sites for hydroxylation is 1. The van der Waals surface area contributed by atoms with Crippen LogP contribution in [0, 0.1) is 6.92 Å². The zero-order chi connectivity index (χ0) is 16.1. The van der Waals surface area contributed by atoms with E-state index in [1.54, 1.807) is 13.2 Å². The normalized spacial score (nSPS) is 18.9. The van der Waals surface area contributed by atoms with Crippen LogP contribution in [0.2, 0.25) is 0 Å². The summed E-state index contributed by atoms with van der Waals surface area (Å²) in [6.45, 7) is 5.99. The molecule has 0 aromatic carbocycles. The second kappa shape index (κ2) is 7.82. The van der Waals surface area contributed by atoms with Crippen LogP contribution in [0.25, 0.3) is 0 Å². The molecule has 2 unspecified atom stereocenters. The van der Waals surface area contributed by atoms with Gasteiger partial charge in [-0.1, -0.05) is 19.3 Å². The van der Waals surface area contributed by atoms with E-state index in [1.165, 1.54) is 24.0 Å². The Labute approximate surface area is 133 Å². The maximum atomic E-state index is 12.4. The Morgan fingerprint density at radius 2 is 1.86 bits per heavy atom. The van der Waals surface area contributed by atoms with Crippen LogP contribution in [0.1, 0.15) is 69.5 Å². The molecule has 0 bridgehead atoms. The van der Waals surface area contributed by atoms with Crippen LogP contribution in [0.3, 0.4) is 0 Å². The van der Waals surface area contributed by atoms with Crippen LogP contribution in [0.15, 0.2) is 16.9 Å². The van der Waals surface area contributed by atoms with Gasteiger partial charge in [-0.2, -0.15) is 0 Å². The lowest BCUT2D eigenvalue weighted by atomic mass is 9.86. The van der Waals surface area contributed by atoms with Crippen molar-refractivity contribution in [2.75, 3.05) is 7.11 Å². The van der Waals surface area contributed by atoms with Crippen LogP contribution < -0.4 is 10.4 Å². The summed E-state index contributed by atoms with van der Waals surface area (Å²) in [4.78, 5) is 18.4. The molecule has 1 aromatic rings. The third-order valence-electron chi connectivity index (χ3n) is 4.54. The number of methoxy groups -OCH3 is 1. The maximum Gasteiger partial charge on any atom is 0.283 e. The van der Waals surface area contributed by atoms with Crippen molar-refractivity contribution >= 4 is 0 Å². The summed E-state index contributed by atoms with van der Waals surface area (Å²) in [6, 6.07) is 3.77. The van der Waals surface area contributed by atoms with Crippen molar-refractivity contribution in [3.05, 3.63) is 33.7 Å². The van der Waals surface area contributed by atoms with E-state index in [0.717, 1.165) is 30.5 Å². The van der Waals surface area contributed by atoms with Gasteiger partial charge in [-0.25, -0.2) is 0 Å². The lowest BCUT2D eigenvalue weighted by Crippen LogP contribution is -2.36. The highest BCUT2D eigenvalue weighted by atomic mass is 16.7. The summed E-state index contributed by atoms with van der Waals surface area (Å²) in [5.74, 6) is 0.438. The predicted octanol–water partition coefficient (Wildman–Crippen LogP) is 3.45. The molecule has 1 aliphatic carbocycles. The standard InChI is InChI=1S/C18H29NO3/c1-13-10-17(16-8-6-5-7-9-16)19(18(20)11-13)22-15(3)12-14(2)21-4/h10-11,14-16H,5-9,12H2,1-4H3. The van der Waals surface area contributed by atoms with E-state index in [1.807, 2.05) is 20.8 Å². The molecular weight excluding hydrogens is 278 g/mol. The summed E-state index contributed by atoms with van der Waals surface area (Å²) in [5, 5.41) is 0. The molecule has 0 amide bonds. The third-order valence-corrected chi connectivity index (χ3v) is 4.54. The summed E-state index contributed by atoms with van der Waals surface area (Å²) in [5.41, 5.74) is 2.00. The van der Waals surface area contributed by atoms with Crippen LogP contribution in [0.5, 0.6) is 0 Å². The highest BCUT2D eigenvalue weighted by molar-refractivity contribution is 5.19. The van der Waals surface area contributed by atoms with Crippen molar-refractivity contribution < 1.29 is 9.57 Å². The van der Waals surface area contributed by atoms with Gasteiger partial charge in [-0.3, -0.25) is 4.79 Å². The monoisotopic (exact) mass is 307 g/mol. The molecular formula is C18H29NO3. The fourth-order valence-electron chi connectivity index (χ4n) is 3.30. The van der Waals surface area contributed by atoms with Crippen molar-refractivity contribution in [2.24, 2.45) is 0 Å². The van der Waals surface area contributed by atoms with E-state index in [9.17, 15) is 4.79 Å². The van der Waals surface area contributed by atoms with Gasteiger partial charge >= 0.3 is 0 Å². The van der Waals surface area contributed by atoms with E-state index in [4.69, 9.17) is 9.57 Å². The number of hydrogen-bond acceptors (Lipinski definition) is 3. The molecule has 0 spiro atoms. The number of ether oxygens (including phenoxy) is 1. The number of hydrogen-bond donors (Lipinski definition) is 0. The molecule has 0 aliphatic heterocycles. The first-order valence-electron chi connectivity index (χ1n) is 8.44. The number of aromatic nitrogens is 1. The van der Waals surface area contributed by atoms with Crippen LogP contribution in [-0.2, 0) is 4.74 Å². The predicted molar refractivity (Wildman–Crippen MR) is 88.4 cm³/mol. The summed E-state index contributed by atoms with van der Waals surface area (Å²) >= 11 is 0. The van der Waals surface area contributed by atoms with Crippen LogP contribution >= 0.6 is 0 Å². The molecule has 1 saturated carbocycles. The summed E-state index contributed by atoms with van der Waals surface area (Å²) in [6.07, 6.45) is 6.90. The smallest absolute Gasteiger partial charge is 0.283 e. The molecule has 4 nitrogen and oxygen atoms in total. The lowest BCUT2D eigenvalue weighted by Gasteiger charge is -2.27. The minimum Gasteiger partial charge on any atom is -0.407 e. The highest BCUT2D eigenvalue weighted by Gasteiger charge is 2.22. The number of rotatable bonds is 6. The van der Waals surface area contributed by atoms with Crippen molar-refractivity contribution in [1.82, 2.24) is 4.73 Å². The van der Waals surface area contributed by atoms with Crippen molar-refractivity contribution in [1.29, 1.82) is 0 Å². The first kappa shape index (κ1) is 17.1. The first-order valence-corrected chi connectivity index (χ1v) is 8.44. The Balaban J connectivity index is 2.23. The Hall–Kier alpha value is -1.29. The fraction of sp³-hybridized carbons (Fsp3) is 0.722. The van der Waals surface area contributed by atoms with Crippen molar-refractivity contribution in [2.45, 2.75) is 77.4 Å². The van der Waals surface area contributed by atoms with Gasteiger partial charge in [0, 0.05) is 25.5 Å². The van der Waals surface area contributed by atoms with E-state index >= 15 is 0 Å². The van der Waals surface area contributed by atoms with Gasteiger partial charge in [0.25, 0.3) is 5.56 Å². The van der Waals surface area contributed by atoms with Gasteiger partial charge in [-0.15, -0.1) is 4.73 Å². The Morgan fingerprint density at radius 3 is 2.50 bits per heavy atom. The molecule has 124 valence electrons. The molecule has 2 rings (SSSR count). The summed E-state index contributed by atoms with van der Waals surface area (Å²) < 4.78 is 6.82. The zero-order valence-corrected chi connectivity index (χ0v) is 14.3. The minimum atomic E-state index is -0.0579. The van der Waals surface area contributed by atoms with E-state index in [-0.39, 0.29) is 17.8 Å². The van der Waals surface area contributed by atoms with Gasteiger partial charge in [0.15, 0.2) is 0 Å². The van der Waals surface area contributed by atoms with Gasteiger partial charge < -0.3 is 9.57 Å². The first-order chi connectivity index (χ1) is 10.5. The molecule has 0 saturated heterocycles. The van der Waals surface area contributed by atoms with Gasteiger partial charge in [0.2, 0.25) is 0 Å². The molecule has 0 N–H and O–H groups in total. The zero-order valence-electron chi connectivity index (χ0n) is 14.3. The maximum absolute atomic E-state index is 12.4. The van der Waals surface area contributed by atoms with Gasteiger partial charge in [0.1, 0.15) is 6.10 Å². The van der Waals surface area contributed by atoms with Gasteiger partial charge in [-0.05, 0) is 45.2 Å². The second-order valence-corrected chi connectivity index (χ2v) is 6.62. The Morgan fingerprint density at radius 1 is 1.18 bits per heavy atom. The van der Waals surface area contributed by atoms with E-state index in [2.05, 4.69) is 6.07 Å². The SMILES string of the molecule is COC(C)CC(C)On1c(C2CCCCC2)cc(C)cc1=O. The molecule has 1 heterocycles. The van der Waals surface area contributed by atoms with Gasteiger partial charge in [0.05, 0.1) is 11.8 Å². The molecule has 1 aromatic heterocycles. The molecule has 0 radical (unpaired) electrons. The topological polar surface area (TPSA) is 40.5 Å². The number of nitrogens with zero attached hydrogens (tertiary/aromatic N) is 1.